The molecule has 3 rings (SSSR count). The van der Waals surface area contributed by atoms with Gasteiger partial charge in [-0.2, -0.15) is 0 Å². The van der Waals surface area contributed by atoms with Crippen LogP contribution in [0.25, 0.3) is 0 Å². The van der Waals surface area contributed by atoms with Crippen molar-refractivity contribution in [3.8, 4) is 5.75 Å². The molecule has 6 heteroatoms. The third kappa shape index (κ3) is 8.13. The molecule has 0 bridgehead atoms. The number of piperidine rings is 1. The Morgan fingerprint density at radius 3 is 2.33 bits per heavy atom. The Morgan fingerprint density at radius 2 is 1.73 bits per heavy atom. The summed E-state index contributed by atoms with van der Waals surface area (Å²) in [5.74, 6) is 1.18. The molecule has 33 heavy (non-hydrogen) atoms. The van der Waals surface area contributed by atoms with Crippen molar-refractivity contribution in [1.82, 2.24) is 10.2 Å². The van der Waals surface area contributed by atoms with Crippen molar-refractivity contribution in [3.63, 3.8) is 0 Å². The molecule has 1 unspecified atom stereocenters. The van der Waals surface area contributed by atoms with E-state index in [4.69, 9.17) is 4.74 Å². The van der Waals surface area contributed by atoms with Crippen molar-refractivity contribution in [2.45, 2.75) is 39.7 Å². The maximum atomic E-state index is 13.4. The van der Waals surface area contributed by atoms with E-state index < -0.39 is 0 Å². The fourth-order valence-corrected chi connectivity index (χ4v) is 4.35. The van der Waals surface area contributed by atoms with Crippen molar-refractivity contribution in [3.05, 3.63) is 65.5 Å². The highest BCUT2D eigenvalue weighted by molar-refractivity contribution is 5.79. The molecular weight excluding hydrogens is 419 g/mol. The predicted molar refractivity (Wildman–Crippen MR) is 128 cm³/mol. The van der Waals surface area contributed by atoms with E-state index >= 15 is 0 Å². The Kier molecular flexibility index (Phi) is 9.70. The molecule has 0 aliphatic carbocycles. The third-order valence-electron chi connectivity index (χ3n) is 6.30. The molecule has 0 aromatic heterocycles. The van der Waals surface area contributed by atoms with Gasteiger partial charge in [0, 0.05) is 19.0 Å². The molecular formula is C27H37FN2O3. The second-order valence-corrected chi connectivity index (χ2v) is 9.41. The van der Waals surface area contributed by atoms with Gasteiger partial charge in [-0.1, -0.05) is 38.1 Å². The molecule has 1 atom stereocenters. The number of carbonyl (C=O) groups excluding carboxylic acids is 1. The quantitative estimate of drug-likeness (QED) is 0.536. The lowest BCUT2D eigenvalue weighted by Gasteiger charge is -2.35. The summed E-state index contributed by atoms with van der Waals surface area (Å²) in [6, 6.07) is 14.3. The maximum absolute atomic E-state index is 13.4. The zero-order valence-electron chi connectivity index (χ0n) is 19.8. The lowest BCUT2D eigenvalue weighted by atomic mass is 9.80. The van der Waals surface area contributed by atoms with Gasteiger partial charge in [0.2, 0.25) is 5.91 Å². The van der Waals surface area contributed by atoms with E-state index in [1.165, 1.54) is 12.1 Å². The fraction of sp³-hybridized carbons (Fsp3) is 0.519. The molecule has 1 aliphatic rings. The fourth-order valence-electron chi connectivity index (χ4n) is 4.35. The first-order valence-electron chi connectivity index (χ1n) is 12.0. The first-order valence-corrected chi connectivity index (χ1v) is 12.0. The zero-order valence-corrected chi connectivity index (χ0v) is 19.8. The number of benzene rings is 2. The van der Waals surface area contributed by atoms with Gasteiger partial charge in [0.25, 0.3) is 0 Å². The van der Waals surface area contributed by atoms with Gasteiger partial charge in [-0.3, -0.25) is 4.79 Å². The topological polar surface area (TPSA) is 61.8 Å². The summed E-state index contributed by atoms with van der Waals surface area (Å²) in [4.78, 5) is 15.5. The number of ether oxygens (including phenoxy) is 1. The average Bonchev–Trinajstić information content (AvgIpc) is 2.82. The lowest BCUT2D eigenvalue weighted by Crippen LogP contribution is -2.42. The monoisotopic (exact) mass is 456 g/mol. The molecule has 1 heterocycles. The number of hydrogen-bond donors (Lipinski definition) is 2. The maximum Gasteiger partial charge on any atom is 0.223 e. The molecule has 0 spiro atoms. The molecule has 180 valence electrons. The van der Waals surface area contributed by atoms with Gasteiger partial charge < -0.3 is 20.1 Å². The summed E-state index contributed by atoms with van der Waals surface area (Å²) in [5, 5.41) is 12.3. The number of rotatable bonds is 11. The minimum absolute atomic E-state index is 0.0417. The van der Waals surface area contributed by atoms with E-state index in [1.54, 1.807) is 12.1 Å². The Hall–Kier alpha value is -2.44. The van der Waals surface area contributed by atoms with Crippen molar-refractivity contribution in [2.75, 3.05) is 32.8 Å². The van der Waals surface area contributed by atoms with Gasteiger partial charge in [0.1, 0.15) is 11.6 Å². The van der Waals surface area contributed by atoms with E-state index in [9.17, 15) is 14.3 Å². The summed E-state index contributed by atoms with van der Waals surface area (Å²) in [6.45, 7) is 7.98. The normalized spacial score (nSPS) is 16.0. The number of β-amino-alcohol motifs (C(OH)–C–C–N with tert-alkyl or cyclic N) is 1. The number of nitrogens with one attached hydrogen (secondary N) is 1. The Labute approximate surface area is 197 Å². The molecule has 5 nitrogen and oxygen atoms in total. The predicted octanol–water partition coefficient (Wildman–Crippen LogP) is 4.04. The summed E-state index contributed by atoms with van der Waals surface area (Å²) >= 11 is 0. The molecule has 0 radical (unpaired) electrons. The van der Waals surface area contributed by atoms with Crippen molar-refractivity contribution >= 4 is 5.91 Å². The van der Waals surface area contributed by atoms with Crippen LogP contribution in [0.1, 0.15) is 37.8 Å². The van der Waals surface area contributed by atoms with Gasteiger partial charge in [0.15, 0.2) is 0 Å². The molecule has 1 aliphatic heterocycles. The number of amides is 1. The van der Waals surface area contributed by atoms with Gasteiger partial charge in [-0.15, -0.1) is 0 Å². The van der Waals surface area contributed by atoms with Crippen LogP contribution in [0.15, 0.2) is 48.5 Å². The number of hydrogen-bond acceptors (Lipinski definition) is 4. The molecule has 1 amide bonds. The summed E-state index contributed by atoms with van der Waals surface area (Å²) in [5.41, 5.74) is 2.00. The first kappa shape index (κ1) is 25.2. The van der Waals surface area contributed by atoms with E-state index in [2.05, 4.69) is 24.1 Å². The second kappa shape index (κ2) is 12.7. The highest BCUT2D eigenvalue weighted by Gasteiger charge is 2.31. The first-order chi connectivity index (χ1) is 15.9. The summed E-state index contributed by atoms with van der Waals surface area (Å²) < 4.78 is 19.1. The van der Waals surface area contributed by atoms with Crippen LogP contribution in [0.4, 0.5) is 4.39 Å². The number of aliphatic hydroxyl groups is 1. The minimum Gasteiger partial charge on any atom is -0.493 e. The lowest BCUT2D eigenvalue weighted by molar-refractivity contribution is -0.127. The van der Waals surface area contributed by atoms with E-state index in [1.807, 2.05) is 24.3 Å². The number of likely N-dealkylation sites (tertiary alicyclic amines) is 1. The van der Waals surface area contributed by atoms with E-state index in [0.29, 0.717) is 32.0 Å². The zero-order chi connectivity index (χ0) is 23.6. The summed E-state index contributed by atoms with van der Waals surface area (Å²) in [6.07, 6.45) is 2.43. The molecule has 2 aromatic carbocycles. The Balaban J connectivity index is 1.61. The van der Waals surface area contributed by atoms with Crippen molar-refractivity contribution in [1.29, 1.82) is 0 Å². The van der Waals surface area contributed by atoms with Crippen LogP contribution in [0, 0.1) is 23.6 Å². The number of aliphatic hydroxyl groups excluding tert-OH is 1. The molecule has 2 aromatic rings. The van der Waals surface area contributed by atoms with Crippen molar-refractivity contribution < 1.29 is 19.0 Å². The van der Waals surface area contributed by atoms with Crippen molar-refractivity contribution in [2.24, 2.45) is 17.8 Å². The van der Waals surface area contributed by atoms with Crippen LogP contribution >= 0.6 is 0 Å². The highest BCUT2D eigenvalue weighted by Crippen LogP contribution is 2.28. The highest BCUT2D eigenvalue weighted by atomic mass is 19.1. The third-order valence-corrected chi connectivity index (χ3v) is 6.30. The smallest absolute Gasteiger partial charge is 0.223 e. The van der Waals surface area contributed by atoms with Gasteiger partial charge in [0.05, 0.1) is 13.2 Å². The minimum atomic E-state index is -0.266. The van der Waals surface area contributed by atoms with Crippen LogP contribution in [-0.2, 0) is 17.8 Å². The van der Waals surface area contributed by atoms with Crippen LogP contribution < -0.4 is 10.1 Å². The standard InChI is InChI=1S/C27H37FN2O3/c1-20(2)19-33-25-9-5-22(6-10-25)18-29-27(32)26(17-21-3-7-24(28)8-4-21)23-11-13-30(14-12-23)15-16-31/h3-10,20,23,26,31H,11-19H2,1-2H3,(H,29,32). The van der Waals surface area contributed by atoms with Gasteiger partial charge >= 0.3 is 0 Å². The number of nitrogens with zero attached hydrogens (tertiary/aromatic N) is 1. The van der Waals surface area contributed by atoms with E-state index in [0.717, 1.165) is 42.8 Å². The summed E-state index contributed by atoms with van der Waals surface area (Å²) in [7, 11) is 0. The molecule has 2 N–H and O–H groups in total. The number of halogens is 1. The second-order valence-electron chi connectivity index (χ2n) is 9.41. The Bertz CT molecular complexity index is 847. The van der Waals surface area contributed by atoms with Crippen LogP contribution in [-0.4, -0.2) is 48.8 Å². The van der Waals surface area contributed by atoms with E-state index in [-0.39, 0.29) is 30.2 Å². The Morgan fingerprint density at radius 1 is 1.09 bits per heavy atom. The SMILES string of the molecule is CC(C)COc1ccc(CNC(=O)C(Cc2ccc(F)cc2)C2CCN(CCO)CC2)cc1. The van der Waals surface area contributed by atoms with Crippen LogP contribution in [0.3, 0.4) is 0 Å². The van der Waals surface area contributed by atoms with Crippen LogP contribution in [0.2, 0.25) is 0 Å². The van der Waals surface area contributed by atoms with Crippen LogP contribution in [0.5, 0.6) is 5.75 Å². The molecule has 1 fully saturated rings. The molecule has 0 saturated carbocycles. The molecule has 1 saturated heterocycles. The largest absolute Gasteiger partial charge is 0.493 e. The average molecular weight is 457 g/mol. The number of carbonyl (C=O) groups is 1. The van der Waals surface area contributed by atoms with Gasteiger partial charge in [-0.25, -0.2) is 4.39 Å². The van der Waals surface area contributed by atoms with Gasteiger partial charge in [-0.05, 0) is 79.6 Å².